The Labute approximate surface area is 130 Å². The van der Waals surface area contributed by atoms with E-state index in [9.17, 15) is 5.11 Å². The van der Waals surface area contributed by atoms with Gasteiger partial charge in [-0.15, -0.1) is 19.3 Å². The molecule has 0 fully saturated rings. The Balaban J connectivity index is 0.00000116. The summed E-state index contributed by atoms with van der Waals surface area (Å²) in [5.74, 6) is 2.93. The van der Waals surface area contributed by atoms with Crippen LogP contribution in [-0.4, -0.2) is 32.4 Å². The highest BCUT2D eigenvalue weighted by molar-refractivity contribution is 5.92. The smallest absolute Gasteiger partial charge is 0.148 e. The van der Waals surface area contributed by atoms with Crippen molar-refractivity contribution in [2.75, 3.05) is 12.3 Å². The number of fused-ring (bicyclic) bond motifs is 1. The van der Waals surface area contributed by atoms with E-state index in [0.29, 0.717) is 22.4 Å². The Bertz CT molecular complexity index is 680. The molecular weight excluding hydrogens is 280 g/mol. The van der Waals surface area contributed by atoms with Crippen LogP contribution in [0.15, 0.2) is 12.5 Å². The van der Waals surface area contributed by atoms with Crippen LogP contribution in [0.25, 0.3) is 11.0 Å². The minimum absolute atomic E-state index is 0.0286. The van der Waals surface area contributed by atoms with E-state index >= 15 is 0 Å². The molecule has 116 valence electrons. The maximum absolute atomic E-state index is 9.22. The molecule has 2 rings (SSSR count). The van der Waals surface area contributed by atoms with Crippen LogP contribution >= 0.6 is 0 Å². The van der Waals surface area contributed by atoms with Gasteiger partial charge in [-0.1, -0.05) is 12.8 Å². The van der Waals surface area contributed by atoms with E-state index in [1.165, 1.54) is 6.33 Å². The zero-order chi connectivity index (χ0) is 16.7. The van der Waals surface area contributed by atoms with E-state index in [2.05, 4.69) is 28.7 Å². The Morgan fingerprint density at radius 3 is 2.68 bits per heavy atom. The van der Waals surface area contributed by atoms with Gasteiger partial charge in [-0.2, -0.15) is 0 Å². The van der Waals surface area contributed by atoms with Crippen molar-refractivity contribution in [3.8, 4) is 25.2 Å². The first kappa shape index (κ1) is 17.5. The van der Waals surface area contributed by atoms with Gasteiger partial charge in [0.15, 0.2) is 0 Å². The highest BCUT2D eigenvalue weighted by atomic mass is 16.5. The molecule has 22 heavy (non-hydrogen) atoms. The van der Waals surface area contributed by atoms with E-state index in [4.69, 9.17) is 16.9 Å². The van der Waals surface area contributed by atoms with Gasteiger partial charge in [-0.25, -0.2) is 9.97 Å². The quantitative estimate of drug-likeness (QED) is 0.818. The standard InChI is InChI=1S/C14H18N4O2.C2H2/c1-4-10-6-18(9(3)20-11(5-2)7-19)14-12(10)13(15)16-8-17-14;1-2/h1,6,8-9,11,19H,5,7H2,2-3H3,(H2,15,16,17);1-2H/t9-,11+;/m1./s1. The van der Waals surface area contributed by atoms with E-state index in [1.54, 1.807) is 10.8 Å². The second-order valence-corrected chi connectivity index (χ2v) is 4.50. The summed E-state index contributed by atoms with van der Waals surface area (Å²) in [5, 5.41) is 9.87. The van der Waals surface area contributed by atoms with Gasteiger partial charge in [0.1, 0.15) is 24.0 Å². The lowest BCUT2D eigenvalue weighted by molar-refractivity contribution is -0.0645. The van der Waals surface area contributed by atoms with Gasteiger partial charge >= 0.3 is 0 Å². The SMILES string of the molecule is C#C.C#Cc1cn([C@@H](C)O[C@@H](CC)CO)c2ncnc(N)c12. The molecule has 0 amide bonds. The number of nitrogen functional groups attached to an aromatic ring is 1. The number of aliphatic hydroxyl groups is 1. The number of nitrogens with zero attached hydrogens (tertiary/aromatic N) is 3. The molecule has 2 heterocycles. The van der Waals surface area contributed by atoms with Crippen molar-refractivity contribution in [2.45, 2.75) is 32.6 Å². The van der Waals surface area contributed by atoms with Crippen LogP contribution in [0.1, 0.15) is 32.1 Å². The van der Waals surface area contributed by atoms with Crippen LogP contribution in [-0.2, 0) is 4.74 Å². The summed E-state index contributed by atoms with van der Waals surface area (Å²) in [6.45, 7) is 3.80. The number of terminal acetylenes is 2. The van der Waals surface area contributed by atoms with Crippen molar-refractivity contribution >= 4 is 16.9 Å². The lowest BCUT2D eigenvalue weighted by atomic mass is 10.2. The average Bonchev–Trinajstić information content (AvgIpc) is 2.94. The number of aromatic nitrogens is 3. The third-order valence-electron chi connectivity index (χ3n) is 3.23. The van der Waals surface area contributed by atoms with Crippen LogP contribution in [0.4, 0.5) is 5.82 Å². The number of nitrogens with two attached hydrogens (primary N) is 1. The summed E-state index contributed by atoms with van der Waals surface area (Å²) in [6.07, 6.45) is 16.8. The molecule has 0 saturated carbocycles. The van der Waals surface area contributed by atoms with Crippen LogP contribution in [0.3, 0.4) is 0 Å². The van der Waals surface area contributed by atoms with Crippen molar-refractivity contribution in [1.82, 2.24) is 14.5 Å². The van der Waals surface area contributed by atoms with Gasteiger partial charge in [0.2, 0.25) is 0 Å². The molecule has 0 aliphatic rings. The van der Waals surface area contributed by atoms with Crippen LogP contribution in [0.5, 0.6) is 0 Å². The van der Waals surface area contributed by atoms with Gasteiger partial charge in [-0.3, -0.25) is 0 Å². The van der Waals surface area contributed by atoms with Crippen LogP contribution in [0, 0.1) is 25.2 Å². The largest absolute Gasteiger partial charge is 0.394 e. The van der Waals surface area contributed by atoms with E-state index in [-0.39, 0.29) is 18.9 Å². The van der Waals surface area contributed by atoms with Gasteiger partial charge < -0.3 is 20.1 Å². The molecule has 0 bridgehead atoms. The molecule has 6 heteroatoms. The normalized spacial score (nSPS) is 12.9. The molecule has 0 radical (unpaired) electrons. The molecule has 0 aromatic carbocycles. The highest BCUT2D eigenvalue weighted by Crippen LogP contribution is 2.27. The topological polar surface area (TPSA) is 86.2 Å². The second kappa shape index (κ2) is 8.04. The third-order valence-corrected chi connectivity index (χ3v) is 3.23. The van der Waals surface area contributed by atoms with E-state index in [0.717, 1.165) is 6.42 Å². The predicted octanol–water partition coefficient (Wildman–Crippen LogP) is 1.55. The van der Waals surface area contributed by atoms with E-state index in [1.807, 2.05) is 13.8 Å². The molecule has 0 unspecified atom stereocenters. The highest BCUT2D eigenvalue weighted by Gasteiger charge is 2.18. The molecule has 2 atom stereocenters. The van der Waals surface area contributed by atoms with Gasteiger partial charge in [0.25, 0.3) is 0 Å². The van der Waals surface area contributed by atoms with Crippen molar-refractivity contribution in [1.29, 1.82) is 0 Å². The summed E-state index contributed by atoms with van der Waals surface area (Å²) in [7, 11) is 0. The number of hydrogen-bond acceptors (Lipinski definition) is 5. The predicted molar refractivity (Wildman–Crippen MR) is 86.7 cm³/mol. The first-order valence-electron chi connectivity index (χ1n) is 6.79. The summed E-state index contributed by atoms with van der Waals surface area (Å²) >= 11 is 0. The van der Waals surface area contributed by atoms with Gasteiger partial charge in [0.05, 0.1) is 23.7 Å². The maximum Gasteiger partial charge on any atom is 0.148 e. The summed E-state index contributed by atoms with van der Waals surface area (Å²) < 4.78 is 7.59. The van der Waals surface area contributed by atoms with Gasteiger partial charge in [-0.05, 0) is 13.3 Å². The van der Waals surface area contributed by atoms with Crippen molar-refractivity contribution < 1.29 is 9.84 Å². The Morgan fingerprint density at radius 2 is 2.14 bits per heavy atom. The second-order valence-electron chi connectivity index (χ2n) is 4.50. The molecule has 0 saturated heterocycles. The Hall–Kier alpha value is -2.54. The number of rotatable bonds is 5. The summed E-state index contributed by atoms with van der Waals surface area (Å²) in [5.41, 5.74) is 7.12. The average molecular weight is 300 g/mol. The summed E-state index contributed by atoms with van der Waals surface area (Å²) in [6, 6.07) is 0. The fourth-order valence-corrected chi connectivity index (χ4v) is 2.11. The third kappa shape index (κ3) is 3.37. The molecule has 0 spiro atoms. The monoisotopic (exact) mass is 300 g/mol. The van der Waals surface area contributed by atoms with Gasteiger partial charge in [0, 0.05) is 6.20 Å². The molecule has 2 aromatic rings. The Kier molecular flexibility index (Phi) is 6.40. The zero-order valence-corrected chi connectivity index (χ0v) is 12.7. The first-order valence-corrected chi connectivity index (χ1v) is 6.79. The number of anilines is 1. The maximum atomic E-state index is 9.22. The zero-order valence-electron chi connectivity index (χ0n) is 12.7. The molecular formula is C16H20N4O2. The van der Waals surface area contributed by atoms with Crippen LogP contribution in [0.2, 0.25) is 0 Å². The minimum Gasteiger partial charge on any atom is -0.394 e. The molecule has 2 aromatic heterocycles. The fraction of sp³-hybridized carbons (Fsp3) is 0.375. The number of hydrogen-bond donors (Lipinski definition) is 2. The van der Waals surface area contributed by atoms with E-state index < -0.39 is 0 Å². The molecule has 6 nitrogen and oxygen atoms in total. The lowest BCUT2D eigenvalue weighted by Gasteiger charge is -2.21. The number of aliphatic hydroxyl groups excluding tert-OH is 1. The lowest BCUT2D eigenvalue weighted by Crippen LogP contribution is -2.21. The molecule has 0 aliphatic heterocycles. The fourth-order valence-electron chi connectivity index (χ4n) is 2.11. The number of ether oxygens (including phenoxy) is 1. The first-order chi connectivity index (χ1) is 10.6. The van der Waals surface area contributed by atoms with Crippen molar-refractivity contribution in [2.24, 2.45) is 0 Å². The van der Waals surface area contributed by atoms with Crippen LogP contribution < -0.4 is 5.73 Å². The van der Waals surface area contributed by atoms with Crippen molar-refractivity contribution in [3.63, 3.8) is 0 Å². The molecule has 3 N–H and O–H groups in total. The molecule has 0 aliphatic carbocycles. The van der Waals surface area contributed by atoms with Crippen molar-refractivity contribution in [3.05, 3.63) is 18.1 Å². The summed E-state index contributed by atoms with van der Waals surface area (Å²) in [4.78, 5) is 8.18. The Morgan fingerprint density at radius 1 is 1.45 bits per heavy atom. The minimum atomic E-state index is -0.314.